The van der Waals surface area contributed by atoms with E-state index in [1.54, 1.807) is 0 Å². The molecule has 1 aliphatic rings. The van der Waals surface area contributed by atoms with Crippen molar-refractivity contribution in [2.24, 2.45) is 0 Å². The number of aliphatic carboxylic acids is 1. The summed E-state index contributed by atoms with van der Waals surface area (Å²) in [4.78, 5) is 14.3. The predicted octanol–water partition coefficient (Wildman–Crippen LogP) is 2.92. The highest BCUT2D eigenvalue weighted by Gasteiger charge is 2.42. The number of nitrogens with zero attached hydrogens (tertiary/aromatic N) is 1. The van der Waals surface area contributed by atoms with Gasteiger partial charge in [0.25, 0.3) is 0 Å². The topological polar surface area (TPSA) is 49.8 Å². The summed E-state index contributed by atoms with van der Waals surface area (Å²) >= 11 is 0. The second-order valence-electron chi connectivity index (χ2n) is 6.00. The van der Waals surface area contributed by atoms with Crippen molar-refractivity contribution in [1.29, 1.82) is 0 Å². The van der Waals surface area contributed by atoms with E-state index in [1.165, 1.54) is 0 Å². The van der Waals surface area contributed by atoms with E-state index < -0.39 is 11.4 Å². The number of benzene rings is 1. The van der Waals surface area contributed by atoms with Crippen molar-refractivity contribution >= 4 is 5.97 Å². The van der Waals surface area contributed by atoms with E-state index in [9.17, 15) is 9.90 Å². The third-order valence-electron chi connectivity index (χ3n) is 4.66. The molecule has 2 rings (SSSR count). The van der Waals surface area contributed by atoms with Crippen LogP contribution in [-0.2, 0) is 14.9 Å². The van der Waals surface area contributed by atoms with Crippen LogP contribution in [0.25, 0.3) is 0 Å². The van der Waals surface area contributed by atoms with Crippen LogP contribution >= 0.6 is 0 Å². The lowest BCUT2D eigenvalue weighted by molar-refractivity contribution is -0.146. The Balaban J connectivity index is 1.87. The first-order valence-corrected chi connectivity index (χ1v) is 8.28. The third-order valence-corrected chi connectivity index (χ3v) is 4.66. The number of carboxylic acids is 1. The number of likely N-dealkylation sites (tertiary alicyclic amines) is 1. The molecule has 0 unspecified atom stereocenters. The normalized spacial score (nSPS) is 18.2. The summed E-state index contributed by atoms with van der Waals surface area (Å²) in [5.74, 6) is -0.685. The first kappa shape index (κ1) is 17.0. The van der Waals surface area contributed by atoms with Crippen LogP contribution in [0.4, 0.5) is 0 Å². The standard InChI is InChI=1S/C18H27NO3/c1-2-22-15-7-6-12-19-13-10-18(11-14-19,17(20)21)16-8-4-3-5-9-16/h3-5,8-9H,2,6-7,10-15H2,1H3,(H,20,21). The Labute approximate surface area is 133 Å². The van der Waals surface area contributed by atoms with Gasteiger partial charge in [-0.25, -0.2) is 0 Å². The van der Waals surface area contributed by atoms with Crippen LogP contribution < -0.4 is 0 Å². The Morgan fingerprint density at radius 1 is 1.23 bits per heavy atom. The predicted molar refractivity (Wildman–Crippen MR) is 87.2 cm³/mol. The molecule has 4 heteroatoms. The second kappa shape index (κ2) is 8.30. The number of rotatable bonds is 8. The number of carboxylic acid groups (broad SMARTS) is 1. The summed E-state index contributed by atoms with van der Waals surface area (Å²) in [7, 11) is 0. The molecule has 1 aromatic rings. The Hall–Kier alpha value is -1.39. The molecule has 1 fully saturated rings. The summed E-state index contributed by atoms with van der Waals surface area (Å²) < 4.78 is 5.35. The minimum absolute atomic E-state index is 0.685. The SMILES string of the molecule is CCOCCCCN1CCC(C(=O)O)(c2ccccc2)CC1. The van der Waals surface area contributed by atoms with Crippen LogP contribution in [0.2, 0.25) is 0 Å². The zero-order valence-corrected chi connectivity index (χ0v) is 13.5. The highest BCUT2D eigenvalue weighted by molar-refractivity contribution is 5.81. The minimum atomic E-state index is -0.705. The first-order valence-electron chi connectivity index (χ1n) is 8.28. The van der Waals surface area contributed by atoms with Crippen molar-refractivity contribution in [3.8, 4) is 0 Å². The van der Waals surface area contributed by atoms with Crippen LogP contribution in [0.3, 0.4) is 0 Å². The van der Waals surface area contributed by atoms with Crippen LogP contribution in [-0.4, -0.2) is 48.8 Å². The molecule has 0 aliphatic carbocycles. The summed E-state index contributed by atoms with van der Waals surface area (Å²) in [6.07, 6.45) is 3.58. The zero-order valence-electron chi connectivity index (χ0n) is 13.5. The van der Waals surface area contributed by atoms with Gasteiger partial charge in [0.05, 0.1) is 5.41 Å². The van der Waals surface area contributed by atoms with Crippen LogP contribution in [0, 0.1) is 0 Å². The fourth-order valence-electron chi connectivity index (χ4n) is 3.23. The summed E-state index contributed by atoms with van der Waals surface area (Å²) in [6, 6.07) is 9.70. The maximum Gasteiger partial charge on any atom is 0.314 e. The van der Waals surface area contributed by atoms with E-state index in [-0.39, 0.29) is 0 Å². The molecule has 1 N–H and O–H groups in total. The molecule has 0 saturated carbocycles. The van der Waals surface area contributed by atoms with Gasteiger partial charge in [0.15, 0.2) is 0 Å². The Morgan fingerprint density at radius 3 is 2.50 bits per heavy atom. The highest BCUT2D eigenvalue weighted by Crippen LogP contribution is 2.35. The monoisotopic (exact) mass is 305 g/mol. The van der Waals surface area contributed by atoms with Gasteiger partial charge in [0.1, 0.15) is 0 Å². The van der Waals surface area contributed by atoms with Crippen molar-refractivity contribution in [1.82, 2.24) is 4.90 Å². The number of hydrogen-bond acceptors (Lipinski definition) is 3. The summed E-state index contributed by atoms with van der Waals surface area (Å²) in [6.45, 7) is 6.37. The van der Waals surface area contributed by atoms with Crippen molar-refractivity contribution in [2.45, 2.75) is 38.0 Å². The molecule has 1 heterocycles. The fourth-order valence-corrected chi connectivity index (χ4v) is 3.23. The van der Waals surface area contributed by atoms with Gasteiger partial charge in [-0.3, -0.25) is 4.79 Å². The molecule has 1 aliphatic heterocycles. The van der Waals surface area contributed by atoms with Gasteiger partial charge in [0.2, 0.25) is 0 Å². The largest absolute Gasteiger partial charge is 0.481 e. The molecular weight excluding hydrogens is 278 g/mol. The quantitative estimate of drug-likeness (QED) is 0.750. The van der Waals surface area contributed by atoms with E-state index in [1.807, 2.05) is 37.3 Å². The summed E-state index contributed by atoms with van der Waals surface area (Å²) in [5.41, 5.74) is 0.238. The van der Waals surface area contributed by atoms with Gasteiger partial charge < -0.3 is 14.7 Å². The lowest BCUT2D eigenvalue weighted by Crippen LogP contribution is -2.47. The lowest BCUT2D eigenvalue weighted by atomic mass is 9.73. The molecule has 0 radical (unpaired) electrons. The zero-order chi connectivity index (χ0) is 15.8. The molecule has 0 atom stereocenters. The van der Waals surface area contributed by atoms with Gasteiger partial charge in [-0.15, -0.1) is 0 Å². The second-order valence-corrected chi connectivity index (χ2v) is 6.00. The van der Waals surface area contributed by atoms with Crippen LogP contribution in [0.1, 0.15) is 38.2 Å². The maximum atomic E-state index is 11.9. The molecular formula is C18H27NO3. The average Bonchev–Trinajstić information content (AvgIpc) is 2.56. The molecule has 0 spiro atoms. The molecule has 122 valence electrons. The van der Waals surface area contributed by atoms with E-state index in [2.05, 4.69) is 4.90 Å². The lowest BCUT2D eigenvalue weighted by Gasteiger charge is -2.39. The Kier molecular flexibility index (Phi) is 6.40. The smallest absolute Gasteiger partial charge is 0.314 e. The molecule has 1 aromatic carbocycles. The minimum Gasteiger partial charge on any atom is -0.481 e. The molecule has 0 bridgehead atoms. The molecule has 1 saturated heterocycles. The van der Waals surface area contributed by atoms with E-state index >= 15 is 0 Å². The fraction of sp³-hybridized carbons (Fsp3) is 0.611. The van der Waals surface area contributed by atoms with Gasteiger partial charge in [-0.2, -0.15) is 0 Å². The third kappa shape index (κ3) is 4.08. The Bertz CT molecular complexity index is 453. The average molecular weight is 305 g/mol. The van der Waals surface area contributed by atoms with Crippen molar-refractivity contribution in [3.05, 3.63) is 35.9 Å². The molecule has 0 amide bonds. The molecule has 4 nitrogen and oxygen atoms in total. The first-order chi connectivity index (χ1) is 10.7. The van der Waals surface area contributed by atoms with E-state index in [0.29, 0.717) is 12.8 Å². The maximum absolute atomic E-state index is 11.9. The molecule has 0 aromatic heterocycles. The van der Waals surface area contributed by atoms with Gasteiger partial charge in [-0.1, -0.05) is 30.3 Å². The molecule has 22 heavy (non-hydrogen) atoms. The highest BCUT2D eigenvalue weighted by atomic mass is 16.5. The van der Waals surface area contributed by atoms with Gasteiger partial charge >= 0.3 is 5.97 Å². The number of carbonyl (C=O) groups is 1. The van der Waals surface area contributed by atoms with E-state index in [0.717, 1.165) is 51.3 Å². The summed E-state index contributed by atoms with van der Waals surface area (Å²) in [5, 5.41) is 9.77. The van der Waals surface area contributed by atoms with Crippen molar-refractivity contribution in [3.63, 3.8) is 0 Å². The van der Waals surface area contributed by atoms with Crippen LogP contribution in [0.15, 0.2) is 30.3 Å². The van der Waals surface area contributed by atoms with Gasteiger partial charge in [-0.05, 0) is 57.8 Å². The van der Waals surface area contributed by atoms with E-state index in [4.69, 9.17) is 4.74 Å². The van der Waals surface area contributed by atoms with Crippen molar-refractivity contribution < 1.29 is 14.6 Å². The van der Waals surface area contributed by atoms with Crippen molar-refractivity contribution in [2.75, 3.05) is 32.8 Å². The number of unbranched alkanes of at least 4 members (excludes halogenated alkanes) is 1. The van der Waals surface area contributed by atoms with Crippen LogP contribution in [0.5, 0.6) is 0 Å². The Morgan fingerprint density at radius 2 is 1.91 bits per heavy atom. The van der Waals surface area contributed by atoms with Gasteiger partial charge in [0, 0.05) is 13.2 Å². The number of ether oxygens (including phenoxy) is 1. The number of hydrogen-bond donors (Lipinski definition) is 1. The number of piperidine rings is 1.